The van der Waals surface area contributed by atoms with Gasteiger partial charge in [0.25, 0.3) is 5.91 Å². The first-order chi connectivity index (χ1) is 11.2. The van der Waals surface area contributed by atoms with E-state index in [1.807, 2.05) is 67.6 Å². The lowest BCUT2D eigenvalue weighted by atomic mass is 10.1. The molecular formula is C19H18N2OS. The molecule has 0 atom stereocenters. The lowest BCUT2D eigenvalue weighted by Gasteiger charge is -2.11. The molecule has 0 radical (unpaired) electrons. The fraction of sp³-hybridized carbons (Fsp3) is 0.158. The van der Waals surface area contributed by atoms with E-state index in [-0.39, 0.29) is 5.91 Å². The molecule has 0 N–H and O–H groups in total. The van der Waals surface area contributed by atoms with Gasteiger partial charge < -0.3 is 0 Å². The summed E-state index contributed by atoms with van der Waals surface area (Å²) in [6.45, 7) is 4.63. The largest absolute Gasteiger partial charge is 0.287 e. The van der Waals surface area contributed by atoms with E-state index in [4.69, 9.17) is 0 Å². The first-order valence-corrected chi connectivity index (χ1v) is 8.41. The number of benzene rings is 2. The molecule has 3 nitrogen and oxygen atoms in total. The van der Waals surface area contributed by atoms with Crippen LogP contribution in [0.1, 0.15) is 18.1 Å². The van der Waals surface area contributed by atoms with Crippen LogP contribution in [0.2, 0.25) is 0 Å². The molecule has 4 heteroatoms. The molecule has 1 amide bonds. The summed E-state index contributed by atoms with van der Waals surface area (Å²) >= 11 is 1.43. The van der Waals surface area contributed by atoms with E-state index in [1.165, 1.54) is 17.3 Å². The fourth-order valence-corrected chi connectivity index (χ4v) is 3.36. The van der Waals surface area contributed by atoms with Crippen molar-refractivity contribution in [1.82, 2.24) is 4.90 Å². The molecule has 0 aliphatic carbocycles. The Kier molecular flexibility index (Phi) is 4.63. The fourth-order valence-electron chi connectivity index (χ4n) is 2.30. The van der Waals surface area contributed by atoms with Gasteiger partial charge in [0.1, 0.15) is 0 Å². The van der Waals surface area contributed by atoms with E-state index in [9.17, 15) is 4.79 Å². The summed E-state index contributed by atoms with van der Waals surface area (Å²) in [6.07, 6.45) is 1.93. The Balaban J connectivity index is 1.91. The van der Waals surface area contributed by atoms with Crippen LogP contribution in [0.5, 0.6) is 0 Å². The van der Waals surface area contributed by atoms with E-state index < -0.39 is 0 Å². The van der Waals surface area contributed by atoms with E-state index in [0.29, 0.717) is 11.4 Å². The van der Waals surface area contributed by atoms with Crippen molar-refractivity contribution in [2.75, 3.05) is 6.54 Å². The van der Waals surface area contributed by atoms with E-state index in [2.05, 4.69) is 11.9 Å². The molecule has 23 heavy (non-hydrogen) atoms. The van der Waals surface area contributed by atoms with Crippen LogP contribution in [0.15, 0.2) is 64.5 Å². The van der Waals surface area contributed by atoms with Gasteiger partial charge in [-0.1, -0.05) is 48.0 Å². The van der Waals surface area contributed by atoms with E-state index in [1.54, 1.807) is 4.90 Å². The Morgan fingerprint density at radius 3 is 2.43 bits per heavy atom. The van der Waals surface area contributed by atoms with Gasteiger partial charge in [0.2, 0.25) is 0 Å². The zero-order valence-electron chi connectivity index (χ0n) is 13.2. The Morgan fingerprint density at radius 2 is 1.78 bits per heavy atom. The molecule has 0 aromatic heterocycles. The van der Waals surface area contributed by atoms with Gasteiger partial charge in [-0.2, -0.15) is 0 Å². The van der Waals surface area contributed by atoms with Crippen LogP contribution in [0, 0.1) is 6.92 Å². The molecule has 2 aromatic rings. The van der Waals surface area contributed by atoms with Gasteiger partial charge in [0.05, 0.1) is 10.6 Å². The zero-order chi connectivity index (χ0) is 16.2. The van der Waals surface area contributed by atoms with Gasteiger partial charge in [-0.15, -0.1) is 0 Å². The van der Waals surface area contributed by atoms with Gasteiger partial charge in [0.15, 0.2) is 5.17 Å². The minimum atomic E-state index is 0.0211. The van der Waals surface area contributed by atoms with Gasteiger partial charge in [-0.25, -0.2) is 4.99 Å². The van der Waals surface area contributed by atoms with Gasteiger partial charge in [0, 0.05) is 6.54 Å². The maximum absolute atomic E-state index is 12.6. The highest BCUT2D eigenvalue weighted by atomic mass is 32.2. The zero-order valence-corrected chi connectivity index (χ0v) is 14.0. The number of aliphatic imine (C=N–C) groups is 1. The molecule has 2 aromatic carbocycles. The van der Waals surface area contributed by atoms with Crippen molar-refractivity contribution in [3.05, 3.63) is 70.6 Å². The second-order valence-corrected chi connectivity index (χ2v) is 6.31. The number of likely N-dealkylation sites (N-methyl/N-ethyl adjacent to an activating group) is 1. The quantitative estimate of drug-likeness (QED) is 0.773. The number of hydrogen-bond acceptors (Lipinski definition) is 3. The lowest BCUT2D eigenvalue weighted by molar-refractivity contribution is -0.122. The first-order valence-electron chi connectivity index (χ1n) is 7.59. The topological polar surface area (TPSA) is 32.7 Å². The summed E-state index contributed by atoms with van der Waals surface area (Å²) < 4.78 is 0. The van der Waals surface area contributed by atoms with Crippen LogP contribution in [-0.2, 0) is 4.79 Å². The minimum Gasteiger partial charge on any atom is -0.287 e. The monoisotopic (exact) mass is 322 g/mol. The van der Waals surface area contributed by atoms with Gasteiger partial charge in [-0.05, 0) is 49.4 Å². The second-order valence-electron chi connectivity index (χ2n) is 5.30. The minimum absolute atomic E-state index is 0.0211. The third-order valence-electron chi connectivity index (χ3n) is 3.56. The molecule has 1 aliphatic rings. The summed E-state index contributed by atoms with van der Waals surface area (Å²) in [5.74, 6) is 0.0211. The van der Waals surface area contributed by atoms with Crippen LogP contribution in [-0.4, -0.2) is 22.5 Å². The first kappa shape index (κ1) is 15.6. The summed E-state index contributed by atoms with van der Waals surface area (Å²) in [6, 6.07) is 17.9. The number of nitrogens with zero attached hydrogens (tertiary/aromatic N) is 2. The molecule has 0 saturated carbocycles. The predicted molar refractivity (Wildman–Crippen MR) is 97.7 cm³/mol. The van der Waals surface area contributed by atoms with Gasteiger partial charge in [-0.3, -0.25) is 9.69 Å². The number of amides is 1. The number of amidine groups is 1. The summed E-state index contributed by atoms with van der Waals surface area (Å²) in [7, 11) is 0. The number of rotatable bonds is 3. The average Bonchev–Trinajstić information content (AvgIpc) is 2.85. The molecule has 1 heterocycles. The molecular weight excluding hydrogens is 304 g/mol. The second kappa shape index (κ2) is 6.84. The molecule has 0 unspecified atom stereocenters. The normalized spacial score (nSPS) is 18.2. The van der Waals surface area contributed by atoms with Gasteiger partial charge >= 0.3 is 0 Å². The van der Waals surface area contributed by atoms with Crippen LogP contribution >= 0.6 is 11.8 Å². The third-order valence-corrected chi connectivity index (χ3v) is 4.57. The van der Waals surface area contributed by atoms with Crippen molar-refractivity contribution >= 4 is 34.6 Å². The number of carbonyl (C=O) groups excluding carboxylic acids is 1. The van der Waals surface area contributed by atoms with Crippen molar-refractivity contribution in [3.8, 4) is 0 Å². The Labute approximate surface area is 140 Å². The lowest BCUT2D eigenvalue weighted by Crippen LogP contribution is -2.28. The van der Waals surface area contributed by atoms with Crippen LogP contribution in [0.25, 0.3) is 6.08 Å². The number of thioether (sulfide) groups is 1. The summed E-state index contributed by atoms with van der Waals surface area (Å²) in [4.78, 5) is 19.6. The highest BCUT2D eigenvalue weighted by Crippen LogP contribution is 2.33. The molecule has 3 rings (SSSR count). The van der Waals surface area contributed by atoms with E-state index >= 15 is 0 Å². The molecule has 0 bridgehead atoms. The Hall–Kier alpha value is -2.33. The van der Waals surface area contributed by atoms with Crippen molar-refractivity contribution in [2.45, 2.75) is 13.8 Å². The maximum Gasteiger partial charge on any atom is 0.266 e. The van der Waals surface area contributed by atoms with Crippen molar-refractivity contribution in [1.29, 1.82) is 0 Å². The SMILES string of the molecule is CCN1C(=O)/C(=C\c2ccc(C)cc2)SC1=Nc1ccccc1. The Bertz CT molecular complexity index is 764. The average molecular weight is 322 g/mol. The molecule has 1 fully saturated rings. The van der Waals surface area contributed by atoms with Crippen LogP contribution in [0.4, 0.5) is 5.69 Å². The van der Waals surface area contributed by atoms with E-state index in [0.717, 1.165) is 16.4 Å². The summed E-state index contributed by atoms with van der Waals surface area (Å²) in [5, 5.41) is 0.738. The molecule has 116 valence electrons. The van der Waals surface area contributed by atoms with Crippen LogP contribution < -0.4 is 0 Å². The molecule has 1 saturated heterocycles. The smallest absolute Gasteiger partial charge is 0.266 e. The maximum atomic E-state index is 12.6. The number of aryl methyl sites for hydroxylation is 1. The number of carbonyl (C=O) groups is 1. The van der Waals surface area contributed by atoms with Crippen molar-refractivity contribution in [3.63, 3.8) is 0 Å². The standard InChI is InChI=1S/C19H18N2OS/c1-3-21-18(22)17(13-15-11-9-14(2)10-12-15)23-19(21)20-16-7-5-4-6-8-16/h4-13H,3H2,1-2H3/b17-13+,20-19?. The highest BCUT2D eigenvalue weighted by molar-refractivity contribution is 8.18. The number of hydrogen-bond donors (Lipinski definition) is 0. The Morgan fingerprint density at radius 1 is 1.09 bits per heavy atom. The van der Waals surface area contributed by atoms with Crippen LogP contribution in [0.3, 0.4) is 0 Å². The van der Waals surface area contributed by atoms with Crippen molar-refractivity contribution < 1.29 is 4.79 Å². The number of para-hydroxylation sites is 1. The summed E-state index contributed by atoms with van der Waals surface area (Å²) in [5.41, 5.74) is 3.10. The molecule has 0 spiro atoms. The van der Waals surface area contributed by atoms with Crippen molar-refractivity contribution in [2.24, 2.45) is 4.99 Å². The third kappa shape index (κ3) is 3.54. The molecule has 1 aliphatic heterocycles. The predicted octanol–water partition coefficient (Wildman–Crippen LogP) is 4.62. The highest BCUT2D eigenvalue weighted by Gasteiger charge is 2.32.